The van der Waals surface area contributed by atoms with Gasteiger partial charge in [-0.1, -0.05) is 13.0 Å². The van der Waals surface area contributed by atoms with Crippen LogP contribution in [0, 0.1) is 0 Å². The highest BCUT2D eigenvalue weighted by Crippen LogP contribution is 2.21. The summed E-state index contributed by atoms with van der Waals surface area (Å²) in [5.41, 5.74) is 0.884. The zero-order valence-electron chi connectivity index (χ0n) is 11.1. The van der Waals surface area contributed by atoms with Crippen LogP contribution in [-0.4, -0.2) is 28.9 Å². The average molecular weight is 276 g/mol. The second kappa shape index (κ2) is 5.73. The first-order valence-electron chi connectivity index (χ1n) is 6.48. The fourth-order valence-electron chi connectivity index (χ4n) is 2.23. The molecule has 0 saturated carbocycles. The molecule has 1 aliphatic rings. The van der Waals surface area contributed by atoms with Crippen LogP contribution < -0.4 is 10.6 Å². The summed E-state index contributed by atoms with van der Waals surface area (Å²) in [4.78, 5) is 34.8. The summed E-state index contributed by atoms with van der Waals surface area (Å²) in [6.07, 6.45) is 0.999. The van der Waals surface area contributed by atoms with E-state index in [9.17, 15) is 19.5 Å². The van der Waals surface area contributed by atoms with Crippen molar-refractivity contribution in [3.63, 3.8) is 0 Å². The van der Waals surface area contributed by atoms with E-state index in [4.69, 9.17) is 0 Å². The van der Waals surface area contributed by atoms with Crippen molar-refractivity contribution in [2.24, 2.45) is 0 Å². The molecule has 3 amide bonds. The van der Waals surface area contributed by atoms with Gasteiger partial charge >= 0.3 is 0 Å². The van der Waals surface area contributed by atoms with Gasteiger partial charge in [-0.15, -0.1) is 0 Å². The van der Waals surface area contributed by atoms with Gasteiger partial charge in [0, 0.05) is 17.5 Å². The number of benzene rings is 1. The fourth-order valence-corrected chi connectivity index (χ4v) is 2.23. The van der Waals surface area contributed by atoms with Crippen LogP contribution in [0.3, 0.4) is 0 Å². The summed E-state index contributed by atoms with van der Waals surface area (Å²) < 4.78 is 0. The number of piperidine rings is 1. The van der Waals surface area contributed by atoms with E-state index in [2.05, 4.69) is 10.6 Å². The Balaban J connectivity index is 2.15. The Morgan fingerprint density at radius 3 is 2.85 bits per heavy atom. The van der Waals surface area contributed by atoms with Crippen LogP contribution in [0.4, 0.5) is 0 Å². The minimum atomic E-state index is -0.716. The molecule has 0 aliphatic carbocycles. The monoisotopic (exact) mass is 276 g/mol. The Labute approximate surface area is 116 Å². The van der Waals surface area contributed by atoms with Gasteiger partial charge in [-0.2, -0.15) is 0 Å². The summed E-state index contributed by atoms with van der Waals surface area (Å²) in [5, 5.41) is 14.5. The quantitative estimate of drug-likeness (QED) is 0.700. The molecule has 0 spiro atoms. The van der Waals surface area contributed by atoms with Crippen molar-refractivity contribution in [2.45, 2.75) is 32.2 Å². The van der Waals surface area contributed by atoms with Crippen molar-refractivity contribution in [3.8, 4) is 5.75 Å². The highest BCUT2D eigenvalue weighted by atomic mass is 16.3. The molecular formula is C14H16N2O4. The average Bonchev–Trinajstić information content (AvgIpc) is 2.41. The summed E-state index contributed by atoms with van der Waals surface area (Å²) in [5.74, 6) is -1.18. The summed E-state index contributed by atoms with van der Waals surface area (Å²) >= 11 is 0. The maximum absolute atomic E-state index is 12.2. The molecule has 6 heteroatoms. The first kappa shape index (κ1) is 14.0. The third-order valence-electron chi connectivity index (χ3n) is 3.29. The second-order valence-electron chi connectivity index (χ2n) is 4.63. The summed E-state index contributed by atoms with van der Waals surface area (Å²) in [7, 11) is 0. The number of carbonyl (C=O) groups is 3. The van der Waals surface area contributed by atoms with Gasteiger partial charge in [0.2, 0.25) is 11.8 Å². The topological polar surface area (TPSA) is 95.5 Å². The number of aromatic hydroxyl groups is 1. The number of hydrogen-bond donors (Lipinski definition) is 3. The number of imide groups is 1. The molecule has 1 aliphatic heterocycles. The molecule has 1 unspecified atom stereocenters. The summed E-state index contributed by atoms with van der Waals surface area (Å²) in [6.45, 7) is 1.83. The Hall–Kier alpha value is -2.37. The van der Waals surface area contributed by atoms with E-state index in [1.54, 1.807) is 12.1 Å². The number of amides is 3. The lowest BCUT2D eigenvalue weighted by Crippen LogP contribution is -2.52. The van der Waals surface area contributed by atoms with Crippen LogP contribution in [0.15, 0.2) is 18.2 Å². The molecule has 0 radical (unpaired) electrons. The molecule has 2 rings (SSSR count). The van der Waals surface area contributed by atoms with E-state index in [1.165, 1.54) is 6.07 Å². The Kier molecular flexibility index (Phi) is 4.02. The van der Waals surface area contributed by atoms with E-state index in [-0.39, 0.29) is 24.5 Å². The lowest BCUT2D eigenvalue weighted by molar-refractivity contribution is -0.134. The molecule has 106 valence electrons. The van der Waals surface area contributed by atoms with Crippen molar-refractivity contribution >= 4 is 17.7 Å². The van der Waals surface area contributed by atoms with Crippen LogP contribution in [0.1, 0.15) is 35.7 Å². The van der Waals surface area contributed by atoms with Crippen molar-refractivity contribution < 1.29 is 19.5 Å². The minimum Gasteiger partial charge on any atom is -0.508 e. The number of nitrogens with one attached hydrogen (secondary N) is 2. The first-order valence-corrected chi connectivity index (χ1v) is 6.48. The van der Waals surface area contributed by atoms with Gasteiger partial charge in [-0.25, -0.2) is 0 Å². The van der Waals surface area contributed by atoms with Crippen LogP contribution in [0.25, 0.3) is 0 Å². The highest BCUT2D eigenvalue weighted by molar-refractivity contribution is 6.04. The van der Waals surface area contributed by atoms with Crippen molar-refractivity contribution in [3.05, 3.63) is 29.3 Å². The number of rotatable bonds is 3. The molecule has 1 aromatic rings. The minimum absolute atomic E-state index is 0.0587. The lowest BCUT2D eigenvalue weighted by Gasteiger charge is -2.22. The maximum Gasteiger partial charge on any atom is 0.252 e. The first-order chi connectivity index (χ1) is 9.52. The molecule has 1 fully saturated rings. The van der Waals surface area contributed by atoms with E-state index in [0.29, 0.717) is 17.5 Å². The predicted molar refractivity (Wildman–Crippen MR) is 71.1 cm³/mol. The predicted octanol–water partition coefficient (Wildman–Crippen LogP) is 0.490. The Morgan fingerprint density at radius 2 is 2.20 bits per heavy atom. The largest absolute Gasteiger partial charge is 0.508 e. The standard InChI is InChI=1S/C14H16N2O4/c1-2-8-9(4-3-5-11(8)17)13(19)15-10-6-7-12(18)16-14(10)20/h3-5,10,17H,2,6-7H2,1H3,(H,15,19)(H,16,18,20). The second-order valence-corrected chi connectivity index (χ2v) is 4.63. The van der Waals surface area contributed by atoms with E-state index >= 15 is 0 Å². The zero-order chi connectivity index (χ0) is 14.7. The van der Waals surface area contributed by atoms with Crippen molar-refractivity contribution in [1.82, 2.24) is 10.6 Å². The van der Waals surface area contributed by atoms with Gasteiger partial charge in [0.05, 0.1) is 0 Å². The fraction of sp³-hybridized carbons (Fsp3) is 0.357. The van der Waals surface area contributed by atoms with Crippen LogP contribution in [0.2, 0.25) is 0 Å². The third-order valence-corrected chi connectivity index (χ3v) is 3.29. The van der Waals surface area contributed by atoms with Crippen LogP contribution >= 0.6 is 0 Å². The van der Waals surface area contributed by atoms with Crippen molar-refractivity contribution in [1.29, 1.82) is 0 Å². The number of phenolic OH excluding ortho intramolecular Hbond substituents is 1. The lowest BCUT2D eigenvalue weighted by atomic mass is 10.0. The van der Waals surface area contributed by atoms with E-state index < -0.39 is 17.9 Å². The summed E-state index contributed by atoms with van der Waals surface area (Å²) in [6, 6.07) is 3.97. The molecule has 0 aromatic heterocycles. The molecule has 3 N–H and O–H groups in total. The van der Waals surface area contributed by atoms with E-state index in [0.717, 1.165) is 0 Å². The van der Waals surface area contributed by atoms with Gasteiger partial charge in [0.15, 0.2) is 0 Å². The molecular weight excluding hydrogens is 260 g/mol. The van der Waals surface area contributed by atoms with Crippen LogP contribution in [0.5, 0.6) is 5.75 Å². The molecule has 6 nitrogen and oxygen atoms in total. The van der Waals surface area contributed by atoms with Gasteiger partial charge in [0.1, 0.15) is 11.8 Å². The van der Waals surface area contributed by atoms with E-state index in [1.807, 2.05) is 6.92 Å². The van der Waals surface area contributed by atoms with Gasteiger partial charge < -0.3 is 10.4 Å². The highest BCUT2D eigenvalue weighted by Gasteiger charge is 2.28. The zero-order valence-corrected chi connectivity index (χ0v) is 11.1. The van der Waals surface area contributed by atoms with Gasteiger partial charge in [-0.3, -0.25) is 19.7 Å². The molecule has 20 heavy (non-hydrogen) atoms. The molecule has 1 atom stereocenters. The normalized spacial score (nSPS) is 18.6. The Morgan fingerprint density at radius 1 is 1.45 bits per heavy atom. The Bertz CT molecular complexity index is 568. The van der Waals surface area contributed by atoms with Gasteiger partial charge in [-0.05, 0) is 25.0 Å². The molecule has 1 heterocycles. The number of carbonyl (C=O) groups excluding carboxylic acids is 3. The molecule has 1 aromatic carbocycles. The smallest absolute Gasteiger partial charge is 0.252 e. The maximum atomic E-state index is 12.2. The third kappa shape index (κ3) is 2.79. The number of phenols is 1. The molecule has 1 saturated heterocycles. The molecule has 0 bridgehead atoms. The number of hydrogen-bond acceptors (Lipinski definition) is 4. The SMILES string of the molecule is CCc1c(O)cccc1C(=O)NC1CCC(=O)NC1=O. The van der Waals surface area contributed by atoms with Gasteiger partial charge in [0.25, 0.3) is 5.91 Å². The van der Waals surface area contributed by atoms with Crippen molar-refractivity contribution in [2.75, 3.05) is 0 Å². The van der Waals surface area contributed by atoms with Crippen LogP contribution in [-0.2, 0) is 16.0 Å².